The maximum absolute atomic E-state index is 12.4. The Morgan fingerprint density at radius 2 is 1.64 bits per heavy atom. The molecule has 3 aromatic rings. The van der Waals surface area contributed by atoms with Crippen LogP contribution in [0.1, 0.15) is 20.0 Å². The van der Waals surface area contributed by atoms with Crippen molar-refractivity contribution in [3.63, 3.8) is 0 Å². The Labute approximate surface area is 165 Å². The summed E-state index contributed by atoms with van der Waals surface area (Å²) in [5.41, 5.74) is 2.16. The first-order chi connectivity index (χ1) is 13.6. The Balaban J connectivity index is 1.64. The number of methoxy groups -OCH3 is 1. The second-order valence-corrected chi connectivity index (χ2v) is 6.61. The van der Waals surface area contributed by atoms with Gasteiger partial charge in [0.05, 0.1) is 18.4 Å². The predicted molar refractivity (Wildman–Crippen MR) is 106 cm³/mol. The summed E-state index contributed by atoms with van der Waals surface area (Å²) in [4.78, 5) is 36.8. The zero-order valence-electron chi connectivity index (χ0n) is 15.0. The van der Waals surface area contributed by atoms with Crippen LogP contribution in [0.4, 0.5) is 5.69 Å². The lowest BCUT2D eigenvalue weighted by Gasteiger charge is -2.10. The van der Waals surface area contributed by atoms with Crippen molar-refractivity contribution in [2.75, 3.05) is 19.0 Å². The van der Waals surface area contributed by atoms with Crippen LogP contribution in [0, 0.1) is 0 Å². The van der Waals surface area contributed by atoms with Crippen LogP contribution in [0.15, 0.2) is 66.0 Å². The second-order valence-electron chi connectivity index (χ2n) is 5.69. The number of benzene rings is 2. The molecule has 2 aromatic carbocycles. The van der Waals surface area contributed by atoms with Crippen LogP contribution >= 0.6 is 11.3 Å². The quantitative estimate of drug-likeness (QED) is 0.638. The van der Waals surface area contributed by atoms with Gasteiger partial charge in [-0.1, -0.05) is 42.5 Å². The van der Waals surface area contributed by atoms with Crippen LogP contribution in [0.3, 0.4) is 0 Å². The molecule has 0 aliphatic carbocycles. The molecule has 0 aliphatic heterocycles. The highest BCUT2D eigenvalue weighted by atomic mass is 32.1. The summed E-state index contributed by atoms with van der Waals surface area (Å²) in [5.74, 6) is -1.70. The van der Waals surface area contributed by atoms with Gasteiger partial charge >= 0.3 is 11.9 Å². The molecule has 0 aliphatic rings. The molecule has 0 atom stereocenters. The molecule has 0 bridgehead atoms. The number of carbonyl (C=O) groups excluding carboxylic acids is 3. The molecule has 7 heteroatoms. The average molecular weight is 395 g/mol. The normalized spacial score (nSPS) is 10.2. The van der Waals surface area contributed by atoms with Gasteiger partial charge in [-0.15, -0.1) is 11.3 Å². The largest absolute Gasteiger partial charge is 0.465 e. The number of carbonyl (C=O) groups is 3. The van der Waals surface area contributed by atoms with E-state index in [1.807, 2.05) is 36.4 Å². The van der Waals surface area contributed by atoms with E-state index < -0.39 is 24.5 Å². The van der Waals surface area contributed by atoms with E-state index in [9.17, 15) is 14.4 Å². The van der Waals surface area contributed by atoms with Crippen molar-refractivity contribution < 1.29 is 23.9 Å². The monoisotopic (exact) mass is 395 g/mol. The highest BCUT2D eigenvalue weighted by Crippen LogP contribution is 2.28. The first kappa shape index (κ1) is 19.3. The van der Waals surface area contributed by atoms with E-state index in [0.29, 0.717) is 4.88 Å². The van der Waals surface area contributed by atoms with Gasteiger partial charge in [-0.25, -0.2) is 9.59 Å². The molecular formula is C21H17NO5S. The fraction of sp³-hybridized carbons (Fsp3) is 0.0952. The predicted octanol–water partition coefficient (Wildman–Crippen LogP) is 4.00. The number of ether oxygens (including phenoxy) is 2. The molecule has 142 valence electrons. The standard InChI is InChI=1S/C21H17NO5S/c1-26-20(24)16-9-5-6-10-17(16)22-18(23)13-27-21(25)19-15(11-12-28-19)14-7-3-2-4-8-14/h2-12H,13H2,1H3,(H,22,23). The van der Waals surface area contributed by atoms with Crippen LogP contribution in [-0.2, 0) is 14.3 Å². The molecule has 1 aromatic heterocycles. The Kier molecular flexibility index (Phi) is 6.18. The minimum Gasteiger partial charge on any atom is -0.465 e. The summed E-state index contributed by atoms with van der Waals surface area (Å²) in [7, 11) is 1.26. The number of anilines is 1. The number of hydrogen-bond donors (Lipinski definition) is 1. The van der Waals surface area contributed by atoms with Crippen molar-refractivity contribution in [3.8, 4) is 11.1 Å². The number of esters is 2. The maximum atomic E-state index is 12.4. The highest BCUT2D eigenvalue weighted by Gasteiger charge is 2.18. The van der Waals surface area contributed by atoms with Crippen molar-refractivity contribution in [2.45, 2.75) is 0 Å². The summed E-state index contributed by atoms with van der Waals surface area (Å²) in [6, 6.07) is 17.7. The Morgan fingerprint density at radius 1 is 0.929 bits per heavy atom. The highest BCUT2D eigenvalue weighted by molar-refractivity contribution is 7.12. The van der Waals surface area contributed by atoms with Gasteiger partial charge in [-0.3, -0.25) is 4.79 Å². The van der Waals surface area contributed by atoms with Crippen molar-refractivity contribution in [1.29, 1.82) is 0 Å². The summed E-state index contributed by atoms with van der Waals surface area (Å²) in [6.07, 6.45) is 0. The number of thiophene rings is 1. The molecule has 0 saturated carbocycles. The summed E-state index contributed by atoms with van der Waals surface area (Å²) >= 11 is 1.25. The second kappa shape index (κ2) is 8.96. The third-order valence-electron chi connectivity index (χ3n) is 3.88. The molecule has 6 nitrogen and oxygen atoms in total. The SMILES string of the molecule is COC(=O)c1ccccc1NC(=O)COC(=O)c1sccc1-c1ccccc1. The minimum absolute atomic E-state index is 0.217. The molecule has 1 N–H and O–H groups in total. The lowest BCUT2D eigenvalue weighted by atomic mass is 10.1. The fourth-order valence-electron chi connectivity index (χ4n) is 2.58. The molecule has 0 radical (unpaired) electrons. The van der Waals surface area contributed by atoms with Crippen molar-refractivity contribution in [1.82, 2.24) is 0 Å². The molecule has 0 fully saturated rings. The number of para-hydroxylation sites is 1. The molecule has 3 rings (SSSR count). The number of rotatable bonds is 6. The first-order valence-electron chi connectivity index (χ1n) is 8.37. The van der Waals surface area contributed by atoms with E-state index in [4.69, 9.17) is 4.74 Å². The third-order valence-corrected chi connectivity index (χ3v) is 4.77. The van der Waals surface area contributed by atoms with Crippen LogP contribution in [0.25, 0.3) is 11.1 Å². The summed E-state index contributed by atoms with van der Waals surface area (Å²) in [6.45, 7) is -0.472. The van der Waals surface area contributed by atoms with Crippen LogP contribution in [-0.4, -0.2) is 31.6 Å². The van der Waals surface area contributed by atoms with Gasteiger partial charge in [0.1, 0.15) is 4.88 Å². The lowest BCUT2D eigenvalue weighted by molar-refractivity contribution is -0.119. The molecular weight excluding hydrogens is 378 g/mol. The number of nitrogens with one attached hydrogen (secondary N) is 1. The van der Waals surface area contributed by atoms with E-state index in [0.717, 1.165) is 11.1 Å². The van der Waals surface area contributed by atoms with Crippen LogP contribution in [0.5, 0.6) is 0 Å². The fourth-order valence-corrected chi connectivity index (χ4v) is 3.38. The zero-order valence-corrected chi connectivity index (χ0v) is 15.8. The Morgan fingerprint density at radius 3 is 2.39 bits per heavy atom. The van der Waals surface area contributed by atoms with Crippen molar-refractivity contribution >= 4 is 34.9 Å². The molecule has 0 spiro atoms. The number of hydrogen-bond acceptors (Lipinski definition) is 6. The van der Waals surface area contributed by atoms with Crippen molar-refractivity contribution in [3.05, 3.63) is 76.5 Å². The summed E-state index contributed by atoms with van der Waals surface area (Å²) in [5, 5.41) is 4.36. The van der Waals surface area contributed by atoms with E-state index >= 15 is 0 Å². The van der Waals surface area contributed by atoms with Gasteiger partial charge in [0, 0.05) is 5.56 Å². The summed E-state index contributed by atoms with van der Waals surface area (Å²) < 4.78 is 9.84. The van der Waals surface area contributed by atoms with Gasteiger partial charge in [-0.05, 0) is 29.1 Å². The van der Waals surface area contributed by atoms with E-state index in [2.05, 4.69) is 10.1 Å². The Bertz CT molecular complexity index is 997. The van der Waals surface area contributed by atoms with Crippen molar-refractivity contribution in [2.24, 2.45) is 0 Å². The zero-order chi connectivity index (χ0) is 19.9. The van der Waals surface area contributed by atoms with Gasteiger partial charge < -0.3 is 14.8 Å². The van der Waals surface area contributed by atoms with Gasteiger partial charge in [-0.2, -0.15) is 0 Å². The van der Waals surface area contributed by atoms with E-state index in [-0.39, 0.29) is 11.3 Å². The first-order valence-corrected chi connectivity index (χ1v) is 9.25. The Hall–Kier alpha value is -3.45. The topological polar surface area (TPSA) is 81.7 Å². The molecule has 28 heavy (non-hydrogen) atoms. The van der Waals surface area contributed by atoms with Crippen LogP contribution < -0.4 is 5.32 Å². The third kappa shape index (κ3) is 4.44. The van der Waals surface area contributed by atoms with Gasteiger partial charge in [0.15, 0.2) is 6.61 Å². The van der Waals surface area contributed by atoms with E-state index in [1.54, 1.807) is 23.6 Å². The minimum atomic E-state index is -0.578. The molecule has 0 saturated heterocycles. The smallest absolute Gasteiger partial charge is 0.349 e. The average Bonchev–Trinajstić information content (AvgIpc) is 3.22. The number of amides is 1. The van der Waals surface area contributed by atoms with Gasteiger partial charge in [0.25, 0.3) is 5.91 Å². The maximum Gasteiger partial charge on any atom is 0.349 e. The molecule has 1 heterocycles. The molecule has 0 unspecified atom stereocenters. The van der Waals surface area contributed by atoms with Gasteiger partial charge in [0.2, 0.25) is 0 Å². The van der Waals surface area contributed by atoms with Crippen LogP contribution in [0.2, 0.25) is 0 Å². The lowest BCUT2D eigenvalue weighted by Crippen LogP contribution is -2.22. The molecule has 1 amide bonds. The van der Waals surface area contributed by atoms with E-state index in [1.165, 1.54) is 24.5 Å².